The van der Waals surface area contributed by atoms with Gasteiger partial charge < -0.3 is 14.8 Å². The zero-order chi connectivity index (χ0) is 19.1. The molecule has 0 fully saturated rings. The number of hydrogen-bond acceptors (Lipinski definition) is 4. The predicted octanol–water partition coefficient (Wildman–Crippen LogP) is 4.41. The minimum atomic E-state index is -0.955. The largest absolute Gasteiger partial charge is 0.495 e. The van der Waals surface area contributed by atoms with Gasteiger partial charge in [0, 0.05) is 5.02 Å². The van der Waals surface area contributed by atoms with E-state index in [1.54, 1.807) is 18.2 Å². The van der Waals surface area contributed by atoms with Gasteiger partial charge in [0.05, 0.1) is 18.7 Å². The molecule has 2 aromatic carbocycles. The van der Waals surface area contributed by atoms with Crippen LogP contribution in [-0.4, -0.2) is 25.1 Å². The smallest absolute Gasteiger partial charge is 0.314 e. The van der Waals surface area contributed by atoms with Gasteiger partial charge >= 0.3 is 5.97 Å². The Kier molecular flexibility index (Phi) is 7.04. The maximum atomic E-state index is 12.5. The van der Waals surface area contributed by atoms with Crippen LogP contribution >= 0.6 is 11.6 Å². The third-order valence-corrected chi connectivity index (χ3v) is 4.21. The quantitative estimate of drug-likeness (QED) is 0.728. The Morgan fingerprint density at radius 2 is 1.85 bits per heavy atom. The highest BCUT2D eigenvalue weighted by Gasteiger charge is 2.25. The number of nitrogens with one attached hydrogen (secondary N) is 1. The molecular formula is C20H22ClNO4. The van der Waals surface area contributed by atoms with Crippen molar-refractivity contribution < 1.29 is 19.1 Å². The first-order valence-corrected chi connectivity index (χ1v) is 8.73. The van der Waals surface area contributed by atoms with E-state index in [2.05, 4.69) is 5.32 Å². The molecule has 2 aromatic rings. The molecule has 0 aliphatic carbocycles. The van der Waals surface area contributed by atoms with E-state index < -0.39 is 23.9 Å². The second-order valence-corrected chi connectivity index (χ2v) is 6.22. The summed E-state index contributed by atoms with van der Waals surface area (Å²) < 4.78 is 10.6. The van der Waals surface area contributed by atoms with Gasteiger partial charge in [-0.25, -0.2) is 0 Å². The van der Waals surface area contributed by atoms with Crippen molar-refractivity contribution in [2.45, 2.75) is 32.3 Å². The topological polar surface area (TPSA) is 64.6 Å². The lowest BCUT2D eigenvalue weighted by atomic mass is 9.97. The second-order valence-electron chi connectivity index (χ2n) is 5.78. The van der Waals surface area contributed by atoms with Crippen LogP contribution in [0.1, 0.15) is 31.7 Å². The van der Waals surface area contributed by atoms with Gasteiger partial charge in [-0.15, -0.1) is 0 Å². The van der Waals surface area contributed by atoms with Crippen LogP contribution in [0, 0.1) is 0 Å². The Balaban J connectivity index is 2.04. The van der Waals surface area contributed by atoms with E-state index in [0.29, 0.717) is 22.9 Å². The van der Waals surface area contributed by atoms with E-state index in [1.165, 1.54) is 14.0 Å². The highest BCUT2D eigenvalue weighted by molar-refractivity contribution is 6.31. The zero-order valence-electron chi connectivity index (χ0n) is 15.0. The number of carbonyl (C=O) groups is 2. The van der Waals surface area contributed by atoms with Crippen molar-refractivity contribution in [2.75, 3.05) is 12.4 Å². The van der Waals surface area contributed by atoms with Gasteiger partial charge in [0.2, 0.25) is 0 Å². The number of rotatable bonds is 7. The average Bonchev–Trinajstić information content (AvgIpc) is 2.63. The molecule has 0 aliphatic heterocycles. The van der Waals surface area contributed by atoms with E-state index in [0.717, 1.165) is 5.56 Å². The first-order valence-electron chi connectivity index (χ1n) is 8.36. The van der Waals surface area contributed by atoms with Crippen LogP contribution in [-0.2, 0) is 14.3 Å². The lowest BCUT2D eigenvalue weighted by Crippen LogP contribution is -2.31. The summed E-state index contributed by atoms with van der Waals surface area (Å²) in [5, 5.41) is 3.14. The van der Waals surface area contributed by atoms with E-state index in [9.17, 15) is 9.59 Å². The monoisotopic (exact) mass is 375 g/mol. The Morgan fingerprint density at radius 3 is 2.46 bits per heavy atom. The van der Waals surface area contributed by atoms with Crippen LogP contribution in [0.3, 0.4) is 0 Å². The van der Waals surface area contributed by atoms with E-state index >= 15 is 0 Å². The van der Waals surface area contributed by atoms with Crippen molar-refractivity contribution in [3.63, 3.8) is 0 Å². The summed E-state index contributed by atoms with van der Waals surface area (Å²) >= 11 is 5.96. The third kappa shape index (κ3) is 4.99. The van der Waals surface area contributed by atoms with Crippen LogP contribution < -0.4 is 10.1 Å². The lowest BCUT2D eigenvalue weighted by molar-refractivity contribution is -0.154. The molecule has 0 spiro atoms. The summed E-state index contributed by atoms with van der Waals surface area (Å²) in [6.45, 7) is 3.43. The van der Waals surface area contributed by atoms with Crippen LogP contribution in [0.25, 0.3) is 0 Å². The molecular weight excluding hydrogens is 354 g/mol. The number of ether oxygens (including phenoxy) is 2. The SMILES string of the molecule is CC[C@@H](C(=O)O[C@H](C)C(=O)Nc1cc(Cl)ccc1OC)c1ccccc1. The molecule has 0 saturated heterocycles. The third-order valence-electron chi connectivity index (χ3n) is 3.98. The Hall–Kier alpha value is -2.53. The summed E-state index contributed by atoms with van der Waals surface area (Å²) in [5.41, 5.74) is 1.28. The minimum absolute atomic E-state index is 0.410. The van der Waals surface area contributed by atoms with Gasteiger partial charge in [0.1, 0.15) is 5.75 Å². The van der Waals surface area contributed by atoms with Crippen LogP contribution in [0.5, 0.6) is 5.75 Å². The maximum absolute atomic E-state index is 12.5. The van der Waals surface area contributed by atoms with Gasteiger partial charge in [-0.2, -0.15) is 0 Å². The fourth-order valence-electron chi connectivity index (χ4n) is 2.55. The Morgan fingerprint density at radius 1 is 1.15 bits per heavy atom. The molecule has 1 N–H and O–H groups in total. The number of methoxy groups -OCH3 is 1. The molecule has 0 aromatic heterocycles. The number of carbonyl (C=O) groups excluding carboxylic acids is 2. The Labute approximate surface area is 158 Å². The molecule has 2 atom stereocenters. The summed E-state index contributed by atoms with van der Waals surface area (Å²) in [6, 6.07) is 14.2. The normalized spacial score (nSPS) is 12.8. The van der Waals surface area contributed by atoms with Gasteiger partial charge in [0.15, 0.2) is 6.10 Å². The van der Waals surface area contributed by atoms with E-state index in [1.807, 2.05) is 37.3 Å². The molecule has 5 nitrogen and oxygen atoms in total. The van der Waals surface area contributed by atoms with E-state index in [-0.39, 0.29) is 0 Å². The van der Waals surface area contributed by atoms with Crippen LogP contribution in [0.2, 0.25) is 5.02 Å². The minimum Gasteiger partial charge on any atom is -0.495 e. The van der Waals surface area contributed by atoms with Crippen LogP contribution in [0.15, 0.2) is 48.5 Å². The molecule has 0 saturated carbocycles. The fraction of sp³-hybridized carbons (Fsp3) is 0.300. The standard InChI is InChI=1S/C20H22ClNO4/c1-4-16(14-8-6-5-7-9-14)20(24)26-13(2)19(23)22-17-12-15(21)10-11-18(17)25-3/h5-13,16H,4H2,1-3H3,(H,22,23)/t13-,16-/m1/s1. The molecule has 6 heteroatoms. The number of esters is 1. The molecule has 138 valence electrons. The number of halogens is 1. The van der Waals surface area contributed by atoms with E-state index in [4.69, 9.17) is 21.1 Å². The van der Waals surface area contributed by atoms with Crippen molar-refractivity contribution in [3.8, 4) is 5.75 Å². The molecule has 0 bridgehead atoms. The predicted molar refractivity (Wildman–Crippen MR) is 102 cm³/mol. The highest BCUT2D eigenvalue weighted by Crippen LogP contribution is 2.28. The maximum Gasteiger partial charge on any atom is 0.314 e. The number of amides is 1. The van der Waals surface area contributed by atoms with Gasteiger partial charge in [0.25, 0.3) is 5.91 Å². The van der Waals surface area contributed by atoms with Crippen molar-refractivity contribution >= 4 is 29.2 Å². The summed E-state index contributed by atoms with van der Waals surface area (Å²) in [4.78, 5) is 24.9. The first kappa shape index (κ1) is 19.8. The second kappa shape index (κ2) is 9.25. The number of anilines is 1. The number of benzene rings is 2. The molecule has 1 amide bonds. The molecule has 0 heterocycles. The molecule has 26 heavy (non-hydrogen) atoms. The molecule has 0 radical (unpaired) electrons. The Bertz CT molecular complexity index is 764. The molecule has 0 aliphatic rings. The summed E-state index contributed by atoms with van der Waals surface area (Å²) in [7, 11) is 1.49. The summed E-state index contributed by atoms with van der Waals surface area (Å²) in [6.07, 6.45) is -0.372. The molecule has 0 unspecified atom stereocenters. The van der Waals surface area contributed by atoms with Crippen molar-refractivity contribution in [1.29, 1.82) is 0 Å². The first-order chi connectivity index (χ1) is 12.5. The van der Waals surface area contributed by atoms with Gasteiger partial charge in [-0.3, -0.25) is 9.59 Å². The van der Waals surface area contributed by atoms with Crippen molar-refractivity contribution in [2.24, 2.45) is 0 Å². The number of hydrogen-bond donors (Lipinski definition) is 1. The van der Waals surface area contributed by atoms with Gasteiger partial charge in [-0.05, 0) is 37.1 Å². The lowest BCUT2D eigenvalue weighted by Gasteiger charge is -2.19. The van der Waals surface area contributed by atoms with Crippen LogP contribution in [0.4, 0.5) is 5.69 Å². The zero-order valence-corrected chi connectivity index (χ0v) is 15.7. The van der Waals surface area contributed by atoms with Gasteiger partial charge in [-0.1, -0.05) is 48.9 Å². The average molecular weight is 376 g/mol. The fourth-order valence-corrected chi connectivity index (χ4v) is 2.72. The summed E-state index contributed by atoms with van der Waals surface area (Å²) in [5.74, 6) is -0.828. The highest BCUT2D eigenvalue weighted by atomic mass is 35.5. The van der Waals surface area contributed by atoms with Crippen molar-refractivity contribution in [1.82, 2.24) is 0 Å². The van der Waals surface area contributed by atoms with Crippen molar-refractivity contribution in [3.05, 3.63) is 59.1 Å². The molecule has 2 rings (SSSR count).